The number of H-pyrrole nitrogens is 1. The molecule has 2 N–H and O–H groups in total. The molecule has 0 bridgehead atoms. The fourth-order valence-electron chi connectivity index (χ4n) is 3.49. The topological polar surface area (TPSA) is 133 Å². The number of rotatable bonds is 14. The van der Waals surface area contributed by atoms with E-state index in [9.17, 15) is 9.59 Å². The van der Waals surface area contributed by atoms with Crippen LogP contribution in [0.15, 0.2) is 45.8 Å². The minimum absolute atomic E-state index is 0.0226. The van der Waals surface area contributed by atoms with E-state index in [4.69, 9.17) is 28.5 Å². The summed E-state index contributed by atoms with van der Waals surface area (Å²) in [6.07, 6.45) is 2.80. The molecule has 1 atom stereocenters. The van der Waals surface area contributed by atoms with Crippen LogP contribution in [0, 0.1) is 0 Å². The van der Waals surface area contributed by atoms with E-state index in [2.05, 4.69) is 9.97 Å². The Bertz CT molecular complexity index is 1150. The van der Waals surface area contributed by atoms with Crippen molar-refractivity contribution in [1.82, 2.24) is 9.97 Å². The van der Waals surface area contributed by atoms with Crippen molar-refractivity contribution in [3.63, 3.8) is 0 Å². The van der Waals surface area contributed by atoms with Crippen LogP contribution in [-0.2, 0) is 35.3 Å². The number of aryl methyl sites for hydroxylation is 2. The maximum absolute atomic E-state index is 12.6. The fraction of sp³-hybridized carbons (Fsp3) is 0.400. The molecule has 0 aliphatic heterocycles. The Hall–Kier alpha value is -3.63. The van der Waals surface area contributed by atoms with Crippen LogP contribution in [0.25, 0.3) is 0 Å². The van der Waals surface area contributed by atoms with Gasteiger partial charge in [0.15, 0.2) is 23.6 Å². The van der Waals surface area contributed by atoms with Crippen LogP contribution >= 0.6 is 0 Å². The average molecular weight is 487 g/mol. The van der Waals surface area contributed by atoms with E-state index in [0.29, 0.717) is 37.5 Å². The zero-order valence-electron chi connectivity index (χ0n) is 20.0. The van der Waals surface area contributed by atoms with Crippen LogP contribution in [-0.4, -0.2) is 54.6 Å². The lowest BCUT2D eigenvalue weighted by atomic mass is 10.0. The van der Waals surface area contributed by atoms with Crippen molar-refractivity contribution in [3.05, 3.63) is 75.2 Å². The van der Waals surface area contributed by atoms with Gasteiger partial charge < -0.3 is 33.5 Å². The molecule has 2 aromatic heterocycles. The molecule has 10 nitrogen and oxygen atoms in total. The first-order valence-electron chi connectivity index (χ1n) is 11.2. The molecule has 0 fully saturated rings. The molecule has 2 heterocycles. The second-order valence-electron chi connectivity index (χ2n) is 7.80. The number of ether oxygens (including phenoxy) is 4. The van der Waals surface area contributed by atoms with Gasteiger partial charge in [0.05, 0.1) is 6.61 Å². The Labute approximate surface area is 202 Å². The molecular weight excluding hydrogens is 456 g/mol. The Morgan fingerprint density at radius 1 is 1.14 bits per heavy atom. The van der Waals surface area contributed by atoms with Crippen molar-refractivity contribution < 1.29 is 33.3 Å². The Morgan fingerprint density at radius 3 is 2.54 bits per heavy atom. The predicted octanol–water partition coefficient (Wildman–Crippen LogP) is 3.03. The van der Waals surface area contributed by atoms with Gasteiger partial charge in [0.2, 0.25) is 5.89 Å². The number of methoxy groups -OCH3 is 2. The van der Waals surface area contributed by atoms with E-state index < -0.39 is 5.97 Å². The summed E-state index contributed by atoms with van der Waals surface area (Å²) in [7, 11) is 3.18. The number of pyridine rings is 1. The molecule has 0 amide bonds. The number of benzene rings is 1. The molecule has 0 aliphatic carbocycles. The zero-order chi connectivity index (χ0) is 25.2. The van der Waals surface area contributed by atoms with E-state index in [-0.39, 0.29) is 36.3 Å². The van der Waals surface area contributed by atoms with Crippen molar-refractivity contribution in [2.75, 3.05) is 27.4 Å². The molecule has 0 aliphatic rings. The van der Waals surface area contributed by atoms with Crippen molar-refractivity contribution in [1.29, 1.82) is 0 Å². The van der Waals surface area contributed by atoms with Gasteiger partial charge in [0, 0.05) is 31.5 Å². The number of carbonyl (C=O) groups is 1. The Balaban J connectivity index is 1.59. The third-order valence-corrected chi connectivity index (χ3v) is 5.38. The molecule has 3 rings (SSSR count). The van der Waals surface area contributed by atoms with Crippen LogP contribution in [0.4, 0.5) is 0 Å². The van der Waals surface area contributed by atoms with Crippen molar-refractivity contribution in [2.45, 2.75) is 38.9 Å². The largest absolute Gasteiger partial charge is 0.484 e. The monoisotopic (exact) mass is 486 g/mol. The first kappa shape index (κ1) is 26.0. The standard InChI is InChI=1S/C25H30N2O8/c1-4-19-20(26-23(11-22(19)28)34-13-18(32-3)12-31-2)10-7-16-5-8-17(9-6-16)33-15-24-27-21(14-35-24)25(29)30/h5-6,8-9,11,14,18H,4,7,10,12-13,15H2,1-3H3,(H,26,28)(H,29,30). The second-order valence-corrected chi connectivity index (χ2v) is 7.80. The van der Waals surface area contributed by atoms with Gasteiger partial charge in [-0.15, -0.1) is 0 Å². The highest BCUT2D eigenvalue weighted by atomic mass is 16.6. The number of carboxylic acid groups (broad SMARTS) is 1. The number of aromatic carboxylic acids is 1. The summed E-state index contributed by atoms with van der Waals surface area (Å²) in [6.45, 7) is 2.63. The highest BCUT2D eigenvalue weighted by Crippen LogP contribution is 2.17. The number of oxazole rings is 1. The molecule has 0 radical (unpaired) electrons. The third-order valence-electron chi connectivity index (χ3n) is 5.38. The summed E-state index contributed by atoms with van der Waals surface area (Å²) in [5.74, 6) is 0.0373. The molecule has 0 saturated carbocycles. The lowest BCUT2D eigenvalue weighted by Crippen LogP contribution is -2.26. The summed E-state index contributed by atoms with van der Waals surface area (Å²) < 4.78 is 26.8. The van der Waals surface area contributed by atoms with Gasteiger partial charge >= 0.3 is 5.97 Å². The molecule has 3 aromatic rings. The molecule has 1 unspecified atom stereocenters. The average Bonchev–Trinajstić information content (AvgIpc) is 3.34. The van der Waals surface area contributed by atoms with Gasteiger partial charge in [-0.25, -0.2) is 9.78 Å². The van der Waals surface area contributed by atoms with Crippen molar-refractivity contribution in [2.24, 2.45) is 0 Å². The zero-order valence-corrected chi connectivity index (χ0v) is 20.0. The van der Waals surface area contributed by atoms with Crippen LogP contribution in [0.3, 0.4) is 0 Å². The number of nitrogens with one attached hydrogen (secondary N) is 1. The summed E-state index contributed by atoms with van der Waals surface area (Å²) in [5.41, 5.74) is 2.43. The second kappa shape index (κ2) is 12.7. The lowest BCUT2D eigenvalue weighted by molar-refractivity contribution is -0.0000986. The molecular formula is C25H30N2O8. The fourth-order valence-corrected chi connectivity index (χ4v) is 3.49. The molecule has 10 heteroatoms. The summed E-state index contributed by atoms with van der Waals surface area (Å²) >= 11 is 0. The predicted molar refractivity (Wildman–Crippen MR) is 126 cm³/mol. The first-order chi connectivity index (χ1) is 16.9. The smallest absolute Gasteiger partial charge is 0.357 e. The van der Waals surface area contributed by atoms with Gasteiger partial charge in [0.1, 0.15) is 24.7 Å². The van der Waals surface area contributed by atoms with Gasteiger partial charge in [-0.3, -0.25) is 4.79 Å². The molecule has 0 saturated heterocycles. The Kier molecular flexibility index (Phi) is 9.45. The van der Waals surface area contributed by atoms with Crippen LogP contribution in [0.2, 0.25) is 0 Å². The van der Waals surface area contributed by atoms with Crippen LogP contribution in [0.5, 0.6) is 11.6 Å². The highest BCUT2D eigenvalue weighted by Gasteiger charge is 2.13. The maximum atomic E-state index is 12.6. The number of aromatic nitrogens is 2. The van der Waals surface area contributed by atoms with E-state index >= 15 is 0 Å². The number of carboxylic acids is 1. The van der Waals surface area contributed by atoms with Gasteiger partial charge in [-0.1, -0.05) is 19.1 Å². The lowest BCUT2D eigenvalue weighted by Gasteiger charge is -2.16. The minimum Gasteiger partial charge on any atom is -0.484 e. The molecule has 0 spiro atoms. The van der Waals surface area contributed by atoms with Crippen LogP contribution < -0.4 is 14.9 Å². The van der Waals surface area contributed by atoms with Gasteiger partial charge in [0.25, 0.3) is 0 Å². The highest BCUT2D eigenvalue weighted by molar-refractivity contribution is 5.84. The van der Waals surface area contributed by atoms with E-state index in [1.54, 1.807) is 14.2 Å². The number of nitrogens with zero attached hydrogens (tertiary/aromatic N) is 1. The molecule has 1 aromatic carbocycles. The quantitative estimate of drug-likeness (QED) is 0.353. The van der Waals surface area contributed by atoms with E-state index in [1.807, 2.05) is 31.2 Å². The van der Waals surface area contributed by atoms with Gasteiger partial charge in [-0.2, -0.15) is 0 Å². The number of aromatic amines is 1. The number of hydrogen-bond acceptors (Lipinski definition) is 8. The van der Waals surface area contributed by atoms with Crippen molar-refractivity contribution in [3.8, 4) is 11.6 Å². The summed E-state index contributed by atoms with van der Waals surface area (Å²) in [4.78, 5) is 30.5. The van der Waals surface area contributed by atoms with E-state index in [1.165, 1.54) is 6.07 Å². The molecule has 35 heavy (non-hydrogen) atoms. The summed E-state index contributed by atoms with van der Waals surface area (Å²) in [5, 5.41) is 8.89. The minimum atomic E-state index is -1.15. The molecule has 188 valence electrons. The third kappa shape index (κ3) is 7.43. The normalized spacial score (nSPS) is 11.9. The Morgan fingerprint density at radius 2 is 1.91 bits per heavy atom. The SMILES string of the molecule is CCc1c(CCc2ccc(OCc3nc(C(=O)O)co3)cc2)[nH]c(OCC(COC)OC)cc1=O. The number of hydrogen-bond donors (Lipinski definition) is 2. The summed E-state index contributed by atoms with van der Waals surface area (Å²) in [6, 6.07) is 8.98. The first-order valence-corrected chi connectivity index (χ1v) is 11.2. The van der Waals surface area contributed by atoms with Crippen LogP contribution in [0.1, 0.15) is 40.1 Å². The van der Waals surface area contributed by atoms with Crippen molar-refractivity contribution >= 4 is 5.97 Å². The van der Waals surface area contributed by atoms with E-state index in [0.717, 1.165) is 23.1 Å². The van der Waals surface area contributed by atoms with Gasteiger partial charge in [-0.05, 0) is 37.0 Å². The maximum Gasteiger partial charge on any atom is 0.357 e.